The Bertz CT molecular complexity index is 461. The van der Waals surface area contributed by atoms with Crippen molar-refractivity contribution in [2.24, 2.45) is 0 Å². The van der Waals surface area contributed by atoms with Gasteiger partial charge >= 0.3 is 0 Å². The molecule has 1 unspecified atom stereocenters. The fourth-order valence-corrected chi connectivity index (χ4v) is 2.23. The quantitative estimate of drug-likeness (QED) is 0.864. The van der Waals surface area contributed by atoms with E-state index in [-0.39, 0.29) is 5.91 Å². The Hall–Kier alpha value is -1.07. The van der Waals surface area contributed by atoms with Gasteiger partial charge in [0.2, 0.25) is 0 Å². The van der Waals surface area contributed by atoms with Crippen molar-refractivity contribution in [3.8, 4) is 5.75 Å². The molecule has 5 heteroatoms. The van der Waals surface area contributed by atoms with E-state index in [2.05, 4.69) is 35.1 Å². The van der Waals surface area contributed by atoms with E-state index >= 15 is 0 Å². The van der Waals surface area contributed by atoms with Gasteiger partial charge in [0.15, 0.2) is 6.10 Å². The molecule has 0 aromatic heterocycles. The predicted molar refractivity (Wildman–Crippen MR) is 84.9 cm³/mol. The average Bonchev–Trinajstić information content (AvgIpc) is 2.38. The molecule has 4 nitrogen and oxygen atoms in total. The van der Waals surface area contributed by atoms with Crippen LogP contribution in [0.3, 0.4) is 0 Å². The first-order valence-corrected chi connectivity index (χ1v) is 7.50. The molecule has 0 fully saturated rings. The number of carbonyl (C=O) groups is 1. The van der Waals surface area contributed by atoms with Crippen molar-refractivity contribution in [1.82, 2.24) is 10.2 Å². The summed E-state index contributed by atoms with van der Waals surface area (Å²) in [7, 11) is 3.45. The lowest BCUT2D eigenvalue weighted by molar-refractivity contribution is -0.135. The van der Waals surface area contributed by atoms with Crippen LogP contribution in [0.5, 0.6) is 5.75 Å². The Morgan fingerprint density at radius 3 is 2.55 bits per heavy atom. The van der Waals surface area contributed by atoms with Gasteiger partial charge in [-0.25, -0.2) is 0 Å². The molecule has 1 aromatic rings. The highest BCUT2D eigenvalue weighted by atomic mass is 79.9. The Balaban J connectivity index is 2.90. The normalized spacial score (nSPS) is 12.3. The van der Waals surface area contributed by atoms with E-state index in [4.69, 9.17) is 4.74 Å². The largest absolute Gasteiger partial charge is 0.479 e. The molecule has 20 heavy (non-hydrogen) atoms. The molecule has 0 saturated carbocycles. The smallest absolute Gasteiger partial charge is 0.262 e. The first-order chi connectivity index (χ1) is 9.32. The molecular weight excluding hydrogens is 320 g/mol. The van der Waals surface area contributed by atoms with Gasteiger partial charge in [-0.15, -0.1) is 0 Å². The van der Waals surface area contributed by atoms with Crippen LogP contribution >= 0.6 is 15.9 Å². The second kappa shape index (κ2) is 7.64. The van der Waals surface area contributed by atoms with Crippen molar-refractivity contribution >= 4 is 21.8 Å². The molecule has 1 amide bonds. The van der Waals surface area contributed by atoms with Gasteiger partial charge in [0.1, 0.15) is 5.75 Å². The third-order valence-electron chi connectivity index (χ3n) is 2.83. The third-order valence-corrected chi connectivity index (χ3v) is 3.46. The molecule has 0 aliphatic carbocycles. The van der Waals surface area contributed by atoms with Crippen LogP contribution in [0, 0.1) is 0 Å². The van der Waals surface area contributed by atoms with Crippen molar-refractivity contribution in [2.75, 3.05) is 14.1 Å². The molecule has 112 valence electrons. The Labute approximate surface area is 129 Å². The maximum absolute atomic E-state index is 11.9. The first kappa shape index (κ1) is 17.0. The number of amides is 1. The summed E-state index contributed by atoms with van der Waals surface area (Å²) in [6, 6.07) is 6.28. The summed E-state index contributed by atoms with van der Waals surface area (Å²) in [5.41, 5.74) is 1.03. The number of hydrogen-bond donors (Lipinski definition) is 1. The zero-order chi connectivity index (χ0) is 15.3. The van der Waals surface area contributed by atoms with Gasteiger partial charge in [-0.1, -0.05) is 26.0 Å². The van der Waals surface area contributed by atoms with Crippen molar-refractivity contribution in [1.29, 1.82) is 0 Å². The van der Waals surface area contributed by atoms with Crippen LogP contribution in [0.15, 0.2) is 22.7 Å². The summed E-state index contributed by atoms with van der Waals surface area (Å²) in [5.74, 6) is 0.673. The van der Waals surface area contributed by atoms with Crippen LogP contribution in [-0.4, -0.2) is 37.0 Å². The number of rotatable bonds is 6. The van der Waals surface area contributed by atoms with E-state index < -0.39 is 6.10 Å². The standard InChI is InChI=1S/C15H23BrN2O2/c1-10(2)17-9-12-7-6-8-13(16)14(12)20-11(3)15(19)18(4)5/h6-8,10-11,17H,9H2,1-5H3. The average molecular weight is 343 g/mol. The lowest BCUT2D eigenvalue weighted by Crippen LogP contribution is -2.35. The minimum atomic E-state index is -0.513. The summed E-state index contributed by atoms with van der Waals surface area (Å²) >= 11 is 3.49. The summed E-state index contributed by atoms with van der Waals surface area (Å²) in [6.45, 7) is 6.66. The predicted octanol–water partition coefficient (Wildman–Crippen LogP) is 2.80. The van der Waals surface area contributed by atoms with Gasteiger partial charge in [0, 0.05) is 32.2 Å². The zero-order valence-electron chi connectivity index (χ0n) is 12.7. The number of para-hydroxylation sites is 1. The number of nitrogens with zero attached hydrogens (tertiary/aromatic N) is 1. The number of benzene rings is 1. The highest BCUT2D eigenvalue weighted by molar-refractivity contribution is 9.10. The topological polar surface area (TPSA) is 41.6 Å². The summed E-state index contributed by atoms with van der Waals surface area (Å²) in [4.78, 5) is 13.4. The van der Waals surface area contributed by atoms with Crippen LogP contribution in [0.2, 0.25) is 0 Å². The zero-order valence-corrected chi connectivity index (χ0v) is 14.3. The van der Waals surface area contributed by atoms with E-state index in [0.29, 0.717) is 12.6 Å². The van der Waals surface area contributed by atoms with Gasteiger partial charge in [-0.05, 0) is 28.9 Å². The Kier molecular flexibility index (Phi) is 6.49. The molecule has 0 spiro atoms. The van der Waals surface area contributed by atoms with E-state index in [1.165, 1.54) is 4.90 Å². The molecule has 0 aliphatic rings. The van der Waals surface area contributed by atoms with E-state index in [1.807, 2.05) is 18.2 Å². The van der Waals surface area contributed by atoms with Crippen molar-refractivity contribution < 1.29 is 9.53 Å². The van der Waals surface area contributed by atoms with E-state index in [0.717, 1.165) is 15.8 Å². The van der Waals surface area contributed by atoms with Crippen LogP contribution in [-0.2, 0) is 11.3 Å². The molecule has 1 rings (SSSR count). The molecule has 0 aliphatic heterocycles. The molecule has 0 radical (unpaired) electrons. The Morgan fingerprint density at radius 2 is 2.00 bits per heavy atom. The SMILES string of the molecule is CC(C)NCc1cccc(Br)c1OC(C)C(=O)N(C)C. The highest BCUT2D eigenvalue weighted by Crippen LogP contribution is 2.30. The minimum Gasteiger partial charge on any atom is -0.479 e. The summed E-state index contributed by atoms with van der Waals surface area (Å²) in [6.07, 6.45) is -0.513. The molecule has 1 atom stereocenters. The van der Waals surface area contributed by atoms with Crippen LogP contribution in [0.25, 0.3) is 0 Å². The lowest BCUT2D eigenvalue weighted by atomic mass is 10.2. The molecule has 0 bridgehead atoms. The van der Waals surface area contributed by atoms with Crippen LogP contribution < -0.4 is 10.1 Å². The minimum absolute atomic E-state index is 0.0523. The maximum atomic E-state index is 11.9. The van der Waals surface area contributed by atoms with Gasteiger partial charge in [-0.2, -0.15) is 0 Å². The fourth-order valence-electron chi connectivity index (χ4n) is 1.73. The van der Waals surface area contributed by atoms with Gasteiger partial charge in [0.05, 0.1) is 4.47 Å². The highest BCUT2D eigenvalue weighted by Gasteiger charge is 2.19. The van der Waals surface area contributed by atoms with Gasteiger partial charge < -0.3 is 15.0 Å². The van der Waals surface area contributed by atoms with E-state index in [9.17, 15) is 4.79 Å². The second-order valence-corrected chi connectivity index (χ2v) is 6.11. The fraction of sp³-hybridized carbons (Fsp3) is 0.533. The number of likely N-dealkylation sites (N-methyl/N-ethyl adjacent to an activating group) is 1. The number of halogens is 1. The molecular formula is C15H23BrN2O2. The summed E-state index contributed by atoms with van der Waals surface area (Å²) in [5, 5.41) is 3.36. The molecule has 0 saturated heterocycles. The van der Waals surface area contributed by atoms with Gasteiger partial charge in [0.25, 0.3) is 5.91 Å². The van der Waals surface area contributed by atoms with Crippen LogP contribution in [0.4, 0.5) is 0 Å². The second-order valence-electron chi connectivity index (χ2n) is 5.26. The number of ether oxygens (including phenoxy) is 1. The monoisotopic (exact) mass is 342 g/mol. The van der Waals surface area contributed by atoms with Crippen molar-refractivity contribution in [3.63, 3.8) is 0 Å². The summed E-state index contributed by atoms with van der Waals surface area (Å²) < 4.78 is 6.71. The maximum Gasteiger partial charge on any atom is 0.262 e. The van der Waals surface area contributed by atoms with Gasteiger partial charge in [-0.3, -0.25) is 4.79 Å². The molecule has 1 N–H and O–H groups in total. The number of hydrogen-bond acceptors (Lipinski definition) is 3. The van der Waals surface area contributed by atoms with E-state index in [1.54, 1.807) is 21.0 Å². The Morgan fingerprint density at radius 1 is 1.35 bits per heavy atom. The number of nitrogens with one attached hydrogen (secondary N) is 1. The molecule has 1 aromatic carbocycles. The van der Waals surface area contributed by atoms with Crippen LogP contribution in [0.1, 0.15) is 26.3 Å². The number of carbonyl (C=O) groups excluding carboxylic acids is 1. The molecule has 0 heterocycles. The van der Waals surface area contributed by atoms with Crippen molar-refractivity contribution in [2.45, 2.75) is 39.5 Å². The lowest BCUT2D eigenvalue weighted by Gasteiger charge is -2.21. The van der Waals surface area contributed by atoms with Crippen molar-refractivity contribution in [3.05, 3.63) is 28.2 Å². The third kappa shape index (κ3) is 4.80. The first-order valence-electron chi connectivity index (χ1n) is 6.71.